The molecule has 0 bridgehead atoms. The predicted octanol–water partition coefficient (Wildman–Crippen LogP) is 2.19. The fraction of sp³-hybridized carbons (Fsp3) is 0.545. The van der Waals surface area contributed by atoms with E-state index in [-0.39, 0.29) is 18.6 Å². The summed E-state index contributed by atoms with van der Waals surface area (Å²) in [6.45, 7) is 6.50. The molecule has 0 aliphatic carbocycles. The SMILES string of the molecule is COC(=O)CNC(C)c1cc(C)sc1C. The summed E-state index contributed by atoms with van der Waals surface area (Å²) < 4.78 is 4.57. The van der Waals surface area contributed by atoms with E-state index in [1.807, 2.05) is 0 Å². The van der Waals surface area contributed by atoms with Gasteiger partial charge in [-0.25, -0.2) is 0 Å². The van der Waals surface area contributed by atoms with Crippen LogP contribution in [0.2, 0.25) is 0 Å². The number of aryl methyl sites for hydroxylation is 2. The molecule has 1 N–H and O–H groups in total. The zero-order valence-corrected chi connectivity index (χ0v) is 10.4. The molecule has 0 saturated carbocycles. The summed E-state index contributed by atoms with van der Waals surface area (Å²) in [5.41, 5.74) is 1.27. The Kier molecular flexibility index (Phi) is 4.29. The van der Waals surface area contributed by atoms with Crippen LogP contribution in [0, 0.1) is 13.8 Å². The van der Waals surface area contributed by atoms with Crippen LogP contribution in [0.1, 0.15) is 28.3 Å². The summed E-state index contributed by atoms with van der Waals surface area (Å²) in [4.78, 5) is 13.6. The maximum absolute atomic E-state index is 11.0. The molecular formula is C11H17NO2S. The molecule has 0 amide bonds. The molecule has 0 spiro atoms. The maximum Gasteiger partial charge on any atom is 0.319 e. The lowest BCUT2D eigenvalue weighted by atomic mass is 10.1. The molecule has 0 fully saturated rings. The molecule has 4 heteroatoms. The van der Waals surface area contributed by atoms with E-state index >= 15 is 0 Å². The number of methoxy groups -OCH3 is 1. The van der Waals surface area contributed by atoms with Crippen molar-refractivity contribution in [1.82, 2.24) is 5.32 Å². The van der Waals surface area contributed by atoms with Gasteiger partial charge in [-0.1, -0.05) is 0 Å². The second-order valence-electron chi connectivity index (χ2n) is 3.55. The normalized spacial score (nSPS) is 12.5. The van der Waals surface area contributed by atoms with Crippen molar-refractivity contribution in [3.63, 3.8) is 0 Å². The molecule has 0 radical (unpaired) electrons. The van der Waals surface area contributed by atoms with Crippen molar-refractivity contribution in [1.29, 1.82) is 0 Å². The standard InChI is InChI=1S/C11H17NO2S/c1-7-5-10(9(3)15-7)8(2)12-6-11(13)14-4/h5,8,12H,6H2,1-4H3. The van der Waals surface area contributed by atoms with Gasteiger partial charge in [-0.2, -0.15) is 0 Å². The van der Waals surface area contributed by atoms with Crippen LogP contribution in [0.3, 0.4) is 0 Å². The second-order valence-corrected chi connectivity index (χ2v) is 5.01. The number of nitrogens with one attached hydrogen (secondary N) is 1. The van der Waals surface area contributed by atoms with Gasteiger partial charge in [0.15, 0.2) is 0 Å². The zero-order chi connectivity index (χ0) is 11.4. The van der Waals surface area contributed by atoms with Crippen molar-refractivity contribution in [3.8, 4) is 0 Å². The number of carbonyl (C=O) groups excluding carboxylic acids is 1. The van der Waals surface area contributed by atoms with E-state index < -0.39 is 0 Å². The third-order valence-corrected chi connectivity index (χ3v) is 3.31. The molecule has 1 rings (SSSR count). The second kappa shape index (κ2) is 5.28. The predicted molar refractivity (Wildman–Crippen MR) is 62.2 cm³/mol. The van der Waals surface area contributed by atoms with Crippen molar-refractivity contribution in [2.45, 2.75) is 26.8 Å². The molecule has 84 valence electrons. The summed E-state index contributed by atoms with van der Waals surface area (Å²) in [5, 5.41) is 3.14. The highest BCUT2D eigenvalue weighted by molar-refractivity contribution is 7.12. The molecule has 0 aliphatic rings. The Bertz CT molecular complexity index is 346. The molecule has 0 aromatic carbocycles. The first-order valence-corrected chi connectivity index (χ1v) is 5.73. The Morgan fingerprint density at radius 2 is 2.27 bits per heavy atom. The van der Waals surface area contributed by atoms with Gasteiger partial charge in [0.1, 0.15) is 0 Å². The van der Waals surface area contributed by atoms with Gasteiger partial charge in [-0.05, 0) is 32.4 Å². The molecule has 1 unspecified atom stereocenters. The van der Waals surface area contributed by atoms with Crippen molar-refractivity contribution in [2.75, 3.05) is 13.7 Å². The number of hydrogen-bond acceptors (Lipinski definition) is 4. The van der Waals surface area contributed by atoms with Gasteiger partial charge in [0, 0.05) is 15.8 Å². The summed E-state index contributed by atoms with van der Waals surface area (Å²) >= 11 is 1.78. The molecular weight excluding hydrogens is 210 g/mol. The van der Waals surface area contributed by atoms with Crippen LogP contribution in [-0.2, 0) is 9.53 Å². The highest BCUT2D eigenvalue weighted by Crippen LogP contribution is 2.25. The Hall–Kier alpha value is -0.870. The average Bonchev–Trinajstić information content (AvgIpc) is 2.53. The van der Waals surface area contributed by atoms with E-state index in [1.165, 1.54) is 22.4 Å². The van der Waals surface area contributed by atoms with E-state index in [1.54, 1.807) is 11.3 Å². The molecule has 1 aromatic heterocycles. The van der Waals surface area contributed by atoms with Gasteiger partial charge >= 0.3 is 5.97 Å². The molecule has 1 aromatic rings. The lowest BCUT2D eigenvalue weighted by Gasteiger charge is -2.12. The topological polar surface area (TPSA) is 38.3 Å². The Morgan fingerprint density at radius 1 is 1.60 bits per heavy atom. The van der Waals surface area contributed by atoms with E-state index in [0.717, 1.165) is 0 Å². The van der Waals surface area contributed by atoms with Crippen molar-refractivity contribution in [2.24, 2.45) is 0 Å². The smallest absolute Gasteiger partial charge is 0.319 e. The van der Waals surface area contributed by atoms with E-state index in [9.17, 15) is 4.79 Å². The quantitative estimate of drug-likeness (QED) is 0.801. The first kappa shape index (κ1) is 12.2. The Morgan fingerprint density at radius 3 is 2.73 bits per heavy atom. The number of rotatable bonds is 4. The van der Waals surface area contributed by atoms with Crippen molar-refractivity contribution in [3.05, 3.63) is 21.4 Å². The van der Waals surface area contributed by atoms with Gasteiger partial charge in [-0.3, -0.25) is 4.79 Å². The van der Waals surface area contributed by atoms with Crippen LogP contribution in [0.15, 0.2) is 6.07 Å². The number of ether oxygens (including phenoxy) is 1. The summed E-state index contributed by atoms with van der Waals surface area (Å²) in [7, 11) is 1.40. The average molecular weight is 227 g/mol. The first-order valence-electron chi connectivity index (χ1n) is 4.91. The van der Waals surface area contributed by atoms with Gasteiger partial charge < -0.3 is 10.1 Å². The third kappa shape index (κ3) is 3.32. The van der Waals surface area contributed by atoms with Crippen molar-refractivity contribution < 1.29 is 9.53 Å². The van der Waals surface area contributed by atoms with Crippen LogP contribution in [-0.4, -0.2) is 19.6 Å². The largest absolute Gasteiger partial charge is 0.468 e. The van der Waals surface area contributed by atoms with Crippen LogP contribution >= 0.6 is 11.3 Å². The molecule has 15 heavy (non-hydrogen) atoms. The van der Waals surface area contributed by atoms with Gasteiger partial charge in [0.25, 0.3) is 0 Å². The van der Waals surface area contributed by atoms with E-state index in [2.05, 4.69) is 36.9 Å². The molecule has 0 saturated heterocycles. The maximum atomic E-state index is 11.0. The minimum atomic E-state index is -0.230. The van der Waals surface area contributed by atoms with Crippen LogP contribution < -0.4 is 5.32 Å². The highest BCUT2D eigenvalue weighted by atomic mass is 32.1. The lowest BCUT2D eigenvalue weighted by molar-refractivity contribution is -0.139. The fourth-order valence-corrected chi connectivity index (χ4v) is 2.52. The number of thiophene rings is 1. The number of esters is 1. The third-order valence-electron chi connectivity index (χ3n) is 2.33. The van der Waals surface area contributed by atoms with Crippen LogP contribution in [0.5, 0.6) is 0 Å². The van der Waals surface area contributed by atoms with E-state index in [4.69, 9.17) is 0 Å². The molecule has 3 nitrogen and oxygen atoms in total. The minimum Gasteiger partial charge on any atom is -0.468 e. The number of carbonyl (C=O) groups is 1. The molecule has 1 atom stereocenters. The van der Waals surface area contributed by atoms with Crippen LogP contribution in [0.25, 0.3) is 0 Å². The molecule has 1 heterocycles. The Labute approximate surface area is 94.5 Å². The van der Waals surface area contributed by atoms with Crippen LogP contribution in [0.4, 0.5) is 0 Å². The summed E-state index contributed by atoms with van der Waals surface area (Å²) in [5.74, 6) is -0.230. The van der Waals surface area contributed by atoms with Gasteiger partial charge in [0.05, 0.1) is 13.7 Å². The summed E-state index contributed by atoms with van der Waals surface area (Å²) in [6.07, 6.45) is 0. The fourth-order valence-electron chi connectivity index (χ4n) is 1.50. The van der Waals surface area contributed by atoms with Gasteiger partial charge in [0.2, 0.25) is 0 Å². The van der Waals surface area contributed by atoms with E-state index in [0.29, 0.717) is 0 Å². The first-order chi connectivity index (χ1) is 7.04. The highest BCUT2D eigenvalue weighted by Gasteiger charge is 2.11. The Balaban J connectivity index is 2.57. The monoisotopic (exact) mass is 227 g/mol. The van der Waals surface area contributed by atoms with Gasteiger partial charge in [-0.15, -0.1) is 11.3 Å². The minimum absolute atomic E-state index is 0.189. The van der Waals surface area contributed by atoms with Crippen molar-refractivity contribution >= 4 is 17.3 Å². The molecule has 0 aliphatic heterocycles. The number of hydrogen-bond donors (Lipinski definition) is 1. The zero-order valence-electron chi connectivity index (χ0n) is 9.59. The summed E-state index contributed by atoms with van der Waals surface area (Å²) in [6, 6.07) is 2.35. The lowest BCUT2D eigenvalue weighted by Crippen LogP contribution is -2.26.